The average molecular weight is 450 g/mol. The number of nitrogens with zero attached hydrogens (tertiary/aromatic N) is 5. The molecule has 1 amide bonds. The molecule has 146 valence electrons. The Kier molecular flexibility index (Phi) is 5.63. The molecule has 0 spiro atoms. The van der Waals surface area contributed by atoms with E-state index in [1.54, 1.807) is 17.1 Å². The molecule has 0 bridgehead atoms. The molecule has 1 fully saturated rings. The Bertz CT molecular complexity index is 1040. The summed E-state index contributed by atoms with van der Waals surface area (Å²) in [6.07, 6.45) is 4.31. The minimum Gasteiger partial charge on any atom is -0.370 e. The van der Waals surface area contributed by atoms with Gasteiger partial charge in [0.2, 0.25) is 0 Å². The molecule has 6 nitrogen and oxygen atoms in total. The van der Waals surface area contributed by atoms with Gasteiger partial charge in [0, 0.05) is 42.5 Å². The van der Waals surface area contributed by atoms with Gasteiger partial charge in [0.15, 0.2) is 0 Å². The highest BCUT2D eigenvalue weighted by molar-refractivity contribution is 9.10. The summed E-state index contributed by atoms with van der Waals surface area (Å²) >= 11 is 3.43. The summed E-state index contributed by atoms with van der Waals surface area (Å²) in [6.45, 7) is 3.02. The van der Waals surface area contributed by atoms with Gasteiger partial charge in [-0.05, 0) is 55.0 Å². The van der Waals surface area contributed by atoms with Crippen LogP contribution >= 0.6 is 15.9 Å². The third-order valence-corrected chi connectivity index (χ3v) is 5.59. The lowest BCUT2D eigenvalue weighted by Crippen LogP contribution is -2.35. The zero-order valence-electron chi connectivity index (χ0n) is 15.8. The van der Waals surface area contributed by atoms with Crippen molar-refractivity contribution in [2.45, 2.75) is 6.42 Å². The molecule has 1 aliphatic heterocycles. The third kappa shape index (κ3) is 4.33. The molecule has 1 aliphatic rings. The molecule has 4 rings (SSSR count). The summed E-state index contributed by atoms with van der Waals surface area (Å²) in [5.74, 6) is 0.00930. The van der Waals surface area contributed by atoms with E-state index >= 15 is 0 Å². The van der Waals surface area contributed by atoms with Crippen LogP contribution in [0.5, 0.6) is 0 Å². The molecule has 0 N–H and O–H groups in total. The molecule has 3 aromatic rings. The lowest BCUT2D eigenvalue weighted by atomic mass is 10.2. The minimum atomic E-state index is 0.00930. The summed E-state index contributed by atoms with van der Waals surface area (Å²) in [5.41, 5.74) is 3.25. The van der Waals surface area contributed by atoms with Gasteiger partial charge in [0.05, 0.1) is 29.1 Å². The number of aromatic nitrogens is 2. The quantitative estimate of drug-likeness (QED) is 0.608. The number of anilines is 1. The van der Waals surface area contributed by atoms with E-state index in [1.807, 2.05) is 53.4 Å². The van der Waals surface area contributed by atoms with Crippen molar-refractivity contribution in [3.05, 3.63) is 76.5 Å². The molecule has 1 aromatic heterocycles. The fourth-order valence-corrected chi connectivity index (χ4v) is 3.74. The van der Waals surface area contributed by atoms with E-state index < -0.39 is 0 Å². The maximum absolute atomic E-state index is 13.0. The molecular formula is C22H20BrN5O. The smallest absolute Gasteiger partial charge is 0.257 e. The molecule has 7 heteroatoms. The Labute approximate surface area is 178 Å². The maximum atomic E-state index is 13.0. The van der Waals surface area contributed by atoms with Crippen LogP contribution in [0.2, 0.25) is 0 Å². The molecule has 0 unspecified atom stereocenters. The van der Waals surface area contributed by atoms with Crippen molar-refractivity contribution >= 4 is 27.5 Å². The van der Waals surface area contributed by atoms with Gasteiger partial charge in [-0.1, -0.05) is 15.9 Å². The van der Waals surface area contributed by atoms with Crippen molar-refractivity contribution in [3.63, 3.8) is 0 Å². The highest BCUT2D eigenvalue weighted by Gasteiger charge is 2.21. The normalized spacial score (nSPS) is 14.3. The van der Waals surface area contributed by atoms with E-state index in [4.69, 9.17) is 5.26 Å². The number of benzene rings is 2. The summed E-state index contributed by atoms with van der Waals surface area (Å²) < 4.78 is 2.72. The zero-order chi connectivity index (χ0) is 20.2. The van der Waals surface area contributed by atoms with Crippen LogP contribution in [0.1, 0.15) is 22.3 Å². The molecule has 2 heterocycles. The fourth-order valence-electron chi connectivity index (χ4n) is 3.48. The number of nitriles is 1. The first-order valence-electron chi connectivity index (χ1n) is 9.49. The van der Waals surface area contributed by atoms with Crippen molar-refractivity contribution < 1.29 is 4.79 Å². The predicted molar refractivity (Wildman–Crippen MR) is 115 cm³/mol. The van der Waals surface area contributed by atoms with Crippen molar-refractivity contribution in [1.29, 1.82) is 5.26 Å². The van der Waals surface area contributed by atoms with Crippen molar-refractivity contribution in [2.75, 3.05) is 31.1 Å². The van der Waals surface area contributed by atoms with Crippen LogP contribution in [0.15, 0.2) is 65.4 Å². The molecule has 2 aromatic carbocycles. The van der Waals surface area contributed by atoms with Gasteiger partial charge in [-0.25, -0.2) is 4.68 Å². The molecule has 0 aliphatic carbocycles. The summed E-state index contributed by atoms with van der Waals surface area (Å²) in [6, 6.07) is 17.6. The molecule has 0 radical (unpaired) electrons. The van der Waals surface area contributed by atoms with Crippen molar-refractivity contribution in [1.82, 2.24) is 14.7 Å². The number of carbonyl (C=O) groups excluding carboxylic acids is 1. The Hall–Kier alpha value is -3.11. The predicted octanol–water partition coefficient (Wildman–Crippen LogP) is 3.86. The van der Waals surface area contributed by atoms with Crippen LogP contribution in [0, 0.1) is 11.3 Å². The summed E-state index contributed by atoms with van der Waals surface area (Å²) in [7, 11) is 0. The number of hydrogen-bond acceptors (Lipinski definition) is 4. The third-order valence-electron chi connectivity index (χ3n) is 5.07. The van der Waals surface area contributed by atoms with E-state index in [-0.39, 0.29) is 5.91 Å². The van der Waals surface area contributed by atoms with E-state index in [1.165, 1.54) is 0 Å². The van der Waals surface area contributed by atoms with Gasteiger partial charge in [0.25, 0.3) is 5.91 Å². The summed E-state index contributed by atoms with van der Waals surface area (Å²) in [4.78, 5) is 17.1. The first kappa shape index (κ1) is 19.2. The van der Waals surface area contributed by atoms with Crippen LogP contribution in [0.25, 0.3) is 5.69 Å². The molecule has 0 atom stereocenters. The number of carbonyl (C=O) groups is 1. The highest BCUT2D eigenvalue weighted by atomic mass is 79.9. The van der Waals surface area contributed by atoms with Crippen molar-refractivity contribution in [3.8, 4) is 11.8 Å². The molecular weight excluding hydrogens is 430 g/mol. The van der Waals surface area contributed by atoms with Gasteiger partial charge in [0.1, 0.15) is 0 Å². The highest BCUT2D eigenvalue weighted by Crippen LogP contribution is 2.19. The van der Waals surface area contributed by atoms with Crippen molar-refractivity contribution in [2.24, 2.45) is 0 Å². The van der Waals surface area contributed by atoms with Gasteiger partial charge in [-0.3, -0.25) is 4.79 Å². The maximum Gasteiger partial charge on any atom is 0.257 e. The minimum absolute atomic E-state index is 0.00930. The lowest BCUT2D eigenvalue weighted by Gasteiger charge is -2.23. The standard InChI is InChI=1S/C22H20BrN5O/c23-19-4-8-21(9-5-19)28-16-18(15-25-28)22(29)27-11-1-10-26(12-13-27)20-6-2-17(14-24)3-7-20/h2-9,15-16H,1,10-13H2. The van der Waals surface area contributed by atoms with E-state index in [0.29, 0.717) is 17.7 Å². The monoisotopic (exact) mass is 449 g/mol. The second-order valence-electron chi connectivity index (χ2n) is 6.94. The number of amides is 1. The van der Waals surface area contributed by atoms with Crippen LogP contribution in [-0.2, 0) is 0 Å². The van der Waals surface area contributed by atoms with Gasteiger partial charge in [-0.15, -0.1) is 0 Å². The first-order valence-corrected chi connectivity index (χ1v) is 10.3. The van der Waals surface area contributed by atoms with Crippen LogP contribution in [0.3, 0.4) is 0 Å². The zero-order valence-corrected chi connectivity index (χ0v) is 17.4. The number of rotatable bonds is 3. The van der Waals surface area contributed by atoms with Crippen LogP contribution < -0.4 is 4.90 Å². The largest absolute Gasteiger partial charge is 0.370 e. The Morgan fingerprint density at radius 1 is 0.966 bits per heavy atom. The van der Waals surface area contributed by atoms with E-state index in [9.17, 15) is 4.79 Å². The fraction of sp³-hybridized carbons (Fsp3) is 0.227. The second-order valence-corrected chi connectivity index (χ2v) is 7.86. The Balaban J connectivity index is 1.43. The average Bonchev–Trinajstić information content (AvgIpc) is 3.12. The lowest BCUT2D eigenvalue weighted by molar-refractivity contribution is 0.0767. The SMILES string of the molecule is N#Cc1ccc(N2CCCN(C(=O)c3cnn(-c4ccc(Br)cc4)c3)CC2)cc1. The number of halogens is 1. The number of hydrogen-bond donors (Lipinski definition) is 0. The van der Waals surface area contributed by atoms with E-state index in [2.05, 4.69) is 32.0 Å². The second kappa shape index (κ2) is 8.50. The molecule has 1 saturated heterocycles. The molecule has 0 saturated carbocycles. The first-order chi connectivity index (χ1) is 14.1. The van der Waals surface area contributed by atoms with Crippen LogP contribution in [-0.4, -0.2) is 46.8 Å². The summed E-state index contributed by atoms with van der Waals surface area (Å²) in [5, 5.41) is 13.3. The Morgan fingerprint density at radius 2 is 1.69 bits per heavy atom. The van der Waals surface area contributed by atoms with E-state index in [0.717, 1.165) is 41.9 Å². The van der Waals surface area contributed by atoms with Gasteiger partial charge in [-0.2, -0.15) is 10.4 Å². The molecule has 29 heavy (non-hydrogen) atoms. The topological polar surface area (TPSA) is 65.2 Å². The van der Waals surface area contributed by atoms with Gasteiger partial charge < -0.3 is 9.80 Å². The van der Waals surface area contributed by atoms with Crippen LogP contribution in [0.4, 0.5) is 5.69 Å². The Morgan fingerprint density at radius 3 is 2.41 bits per heavy atom. The van der Waals surface area contributed by atoms with Gasteiger partial charge >= 0.3 is 0 Å².